The molecule has 1 fully saturated rings. The summed E-state index contributed by atoms with van der Waals surface area (Å²) < 4.78 is 27.0. The van der Waals surface area contributed by atoms with Gasteiger partial charge in [-0.15, -0.1) is 0 Å². The van der Waals surface area contributed by atoms with Crippen LogP contribution in [0.1, 0.15) is 13.3 Å². The van der Waals surface area contributed by atoms with Crippen molar-refractivity contribution in [1.82, 2.24) is 9.80 Å². The Morgan fingerprint density at radius 2 is 1.71 bits per heavy atom. The molecule has 0 radical (unpaired) electrons. The number of sulfone groups is 1. The summed E-state index contributed by atoms with van der Waals surface area (Å²) in [6, 6.07) is -0.825. The maximum absolute atomic E-state index is 12.1. The first-order valence-corrected chi connectivity index (χ1v) is 8.94. The fourth-order valence-electron chi connectivity index (χ4n) is 2.02. The summed E-state index contributed by atoms with van der Waals surface area (Å²) in [6.45, 7) is 3.59. The van der Waals surface area contributed by atoms with Gasteiger partial charge in [0.05, 0.1) is 18.4 Å². The summed E-state index contributed by atoms with van der Waals surface area (Å²) in [5.74, 6) is -0.384. The summed E-state index contributed by atoms with van der Waals surface area (Å²) in [4.78, 5) is 26.7. The normalized spacial score (nSPS) is 17.5. The molecule has 21 heavy (non-hydrogen) atoms. The summed E-state index contributed by atoms with van der Waals surface area (Å²) in [5.41, 5.74) is 5.74. The number of rotatable bonds is 5. The molecule has 122 valence electrons. The molecule has 0 aromatic heterocycles. The van der Waals surface area contributed by atoms with Crippen molar-refractivity contribution < 1.29 is 22.7 Å². The van der Waals surface area contributed by atoms with Crippen LogP contribution < -0.4 is 5.73 Å². The monoisotopic (exact) mass is 321 g/mol. The van der Waals surface area contributed by atoms with Crippen LogP contribution in [0.5, 0.6) is 0 Å². The Hall–Kier alpha value is -1.35. The second kappa shape index (κ2) is 7.60. The number of nitrogens with zero attached hydrogens (tertiary/aromatic N) is 2. The molecule has 1 aliphatic rings. The molecule has 0 aliphatic carbocycles. The average Bonchev–Trinajstić information content (AvgIpc) is 2.43. The number of carbonyl (C=O) groups excluding carboxylic acids is 2. The average molecular weight is 321 g/mol. The smallest absolute Gasteiger partial charge is 0.409 e. The largest absolute Gasteiger partial charge is 0.450 e. The number of carbonyl (C=O) groups is 2. The Morgan fingerprint density at radius 3 is 2.19 bits per heavy atom. The van der Waals surface area contributed by atoms with Crippen LogP contribution in [-0.4, -0.2) is 81.1 Å². The number of ether oxygens (including phenoxy) is 1. The maximum Gasteiger partial charge on any atom is 0.409 e. The Labute approximate surface area is 125 Å². The lowest BCUT2D eigenvalue weighted by Crippen LogP contribution is -2.54. The lowest BCUT2D eigenvalue weighted by atomic mass is 10.2. The SMILES string of the molecule is CCOC(=O)N1CCN(C(=O)[C@@H](N)CCS(C)(=O)=O)CC1. The molecule has 1 aliphatic heterocycles. The highest BCUT2D eigenvalue weighted by Crippen LogP contribution is 2.07. The van der Waals surface area contributed by atoms with E-state index >= 15 is 0 Å². The van der Waals surface area contributed by atoms with Crippen LogP contribution in [0.15, 0.2) is 0 Å². The van der Waals surface area contributed by atoms with Crippen molar-refractivity contribution in [1.29, 1.82) is 0 Å². The minimum atomic E-state index is -3.13. The van der Waals surface area contributed by atoms with Crippen LogP contribution in [0.3, 0.4) is 0 Å². The molecular formula is C12H23N3O5S. The minimum absolute atomic E-state index is 0.107. The molecule has 0 aromatic carbocycles. The van der Waals surface area contributed by atoms with Gasteiger partial charge in [-0.2, -0.15) is 0 Å². The molecule has 0 aromatic rings. The van der Waals surface area contributed by atoms with Crippen LogP contribution in [0, 0.1) is 0 Å². The van der Waals surface area contributed by atoms with Crippen LogP contribution in [-0.2, 0) is 19.4 Å². The second-order valence-corrected chi connectivity index (χ2v) is 7.30. The molecule has 1 atom stereocenters. The van der Waals surface area contributed by atoms with Crippen LogP contribution in [0.25, 0.3) is 0 Å². The predicted octanol–water partition coefficient (Wildman–Crippen LogP) is -0.951. The molecule has 1 rings (SSSR count). The second-order valence-electron chi connectivity index (χ2n) is 5.04. The Bertz CT molecular complexity index is 471. The fraction of sp³-hybridized carbons (Fsp3) is 0.833. The summed E-state index contributed by atoms with van der Waals surface area (Å²) in [6.07, 6.45) is 0.837. The fourth-order valence-corrected chi connectivity index (χ4v) is 2.71. The van der Waals surface area contributed by atoms with Crippen molar-refractivity contribution in [2.24, 2.45) is 5.73 Å². The zero-order chi connectivity index (χ0) is 16.0. The quantitative estimate of drug-likeness (QED) is 0.699. The zero-order valence-electron chi connectivity index (χ0n) is 12.4. The van der Waals surface area contributed by atoms with Crippen molar-refractivity contribution >= 4 is 21.8 Å². The van der Waals surface area contributed by atoms with Gasteiger partial charge in [0, 0.05) is 32.4 Å². The number of nitrogens with two attached hydrogens (primary N) is 1. The molecule has 2 N–H and O–H groups in total. The van der Waals surface area contributed by atoms with E-state index in [1.807, 2.05) is 0 Å². The Morgan fingerprint density at radius 1 is 1.19 bits per heavy atom. The lowest BCUT2D eigenvalue weighted by Gasteiger charge is -2.35. The van der Waals surface area contributed by atoms with E-state index in [1.54, 1.807) is 11.8 Å². The van der Waals surface area contributed by atoms with E-state index in [9.17, 15) is 18.0 Å². The molecule has 0 bridgehead atoms. The lowest BCUT2D eigenvalue weighted by molar-refractivity contribution is -0.134. The van der Waals surface area contributed by atoms with Crippen molar-refractivity contribution in [2.45, 2.75) is 19.4 Å². The molecule has 1 heterocycles. The first-order chi connectivity index (χ1) is 9.74. The van der Waals surface area contributed by atoms with Crippen molar-refractivity contribution in [2.75, 3.05) is 44.8 Å². The third kappa shape index (κ3) is 5.88. The van der Waals surface area contributed by atoms with E-state index in [2.05, 4.69) is 0 Å². The predicted molar refractivity (Wildman–Crippen MR) is 77.5 cm³/mol. The van der Waals surface area contributed by atoms with E-state index in [1.165, 1.54) is 4.90 Å². The van der Waals surface area contributed by atoms with Gasteiger partial charge in [-0.25, -0.2) is 13.2 Å². The highest BCUT2D eigenvalue weighted by atomic mass is 32.2. The highest BCUT2D eigenvalue weighted by molar-refractivity contribution is 7.90. The van der Waals surface area contributed by atoms with Crippen LogP contribution >= 0.6 is 0 Å². The maximum atomic E-state index is 12.1. The summed E-state index contributed by atoms with van der Waals surface area (Å²) in [7, 11) is -3.13. The number of hydrogen-bond donors (Lipinski definition) is 1. The molecule has 9 heteroatoms. The molecule has 8 nitrogen and oxygen atoms in total. The first kappa shape index (κ1) is 17.7. The zero-order valence-corrected chi connectivity index (χ0v) is 13.3. The minimum Gasteiger partial charge on any atom is -0.450 e. The summed E-state index contributed by atoms with van der Waals surface area (Å²) in [5, 5.41) is 0. The van der Waals surface area contributed by atoms with E-state index in [0.29, 0.717) is 32.8 Å². The van der Waals surface area contributed by atoms with Crippen molar-refractivity contribution in [3.8, 4) is 0 Å². The molecule has 1 saturated heterocycles. The molecule has 0 unspecified atom stereocenters. The van der Waals surface area contributed by atoms with E-state index in [0.717, 1.165) is 6.26 Å². The van der Waals surface area contributed by atoms with Crippen LogP contribution in [0.2, 0.25) is 0 Å². The van der Waals surface area contributed by atoms with Gasteiger partial charge in [-0.05, 0) is 13.3 Å². The van der Waals surface area contributed by atoms with Gasteiger partial charge in [0.2, 0.25) is 5.91 Å². The molecule has 0 spiro atoms. The van der Waals surface area contributed by atoms with Crippen LogP contribution in [0.4, 0.5) is 4.79 Å². The first-order valence-electron chi connectivity index (χ1n) is 6.88. The third-order valence-electron chi connectivity index (χ3n) is 3.23. The third-order valence-corrected chi connectivity index (χ3v) is 4.21. The van der Waals surface area contributed by atoms with Gasteiger partial charge < -0.3 is 20.3 Å². The van der Waals surface area contributed by atoms with E-state index in [-0.39, 0.29) is 24.2 Å². The van der Waals surface area contributed by atoms with Gasteiger partial charge in [0.25, 0.3) is 0 Å². The van der Waals surface area contributed by atoms with Gasteiger partial charge in [0.1, 0.15) is 9.84 Å². The van der Waals surface area contributed by atoms with E-state index < -0.39 is 15.9 Å². The molecule has 0 saturated carbocycles. The number of hydrogen-bond acceptors (Lipinski definition) is 6. The van der Waals surface area contributed by atoms with E-state index in [4.69, 9.17) is 10.5 Å². The van der Waals surface area contributed by atoms with Gasteiger partial charge in [0.15, 0.2) is 0 Å². The number of amides is 2. The van der Waals surface area contributed by atoms with Gasteiger partial charge >= 0.3 is 6.09 Å². The Balaban J connectivity index is 2.42. The number of piperazine rings is 1. The topological polar surface area (TPSA) is 110 Å². The van der Waals surface area contributed by atoms with Gasteiger partial charge in [-0.3, -0.25) is 4.79 Å². The Kier molecular flexibility index (Phi) is 6.41. The molecular weight excluding hydrogens is 298 g/mol. The molecule has 2 amide bonds. The summed E-state index contributed by atoms with van der Waals surface area (Å²) >= 11 is 0. The standard InChI is InChI=1S/C12H23N3O5S/c1-3-20-12(17)15-7-5-14(6-8-15)11(16)10(13)4-9-21(2,18)19/h10H,3-9,13H2,1-2H3/t10-/m0/s1. The van der Waals surface area contributed by atoms with Crippen molar-refractivity contribution in [3.63, 3.8) is 0 Å². The highest BCUT2D eigenvalue weighted by Gasteiger charge is 2.27. The van der Waals surface area contributed by atoms with Gasteiger partial charge in [-0.1, -0.05) is 0 Å². The van der Waals surface area contributed by atoms with Crippen molar-refractivity contribution in [3.05, 3.63) is 0 Å².